The van der Waals surface area contributed by atoms with Crippen molar-refractivity contribution >= 4 is 28.2 Å². The van der Waals surface area contributed by atoms with Crippen LogP contribution in [0.4, 0.5) is 9.39 Å². The molecule has 2 amide bonds. The number of nitrogens with one attached hydrogen (secondary N) is 1. The minimum absolute atomic E-state index is 0.118. The molecule has 0 atom stereocenters. The van der Waals surface area contributed by atoms with Crippen molar-refractivity contribution < 1.29 is 14.0 Å². The molecule has 22 heavy (non-hydrogen) atoms. The Morgan fingerprint density at radius 1 is 1.36 bits per heavy atom. The summed E-state index contributed by atoms with van der Waals surface area (Å²) in [6, 6.07) is 7.79. The maximum atomic E-state index is 13.1. The van der Waals surface area contributed by atoms with E-state index in [2.05, 4.69) is 5.32 Å². The number of likely N-dealkylation sites (N-methyl/N-ethyl adjacent to an activating group) is 1. The average molecular weight is 321 g/mol. The number of primary amides is 1. The standard InChI is InChI=1S/C15H16FN3O2S/c1-19(8-10-3-2-4-11(16)7-10)9-13(20)18-15-12(14(17)21)5-6-22-15/h2-7H,8-9H2,1H3,(H2,17,21)(H,18,20). The molecule has 0 spiro atoms. The van der Waals surface area contributed by atoms with E-state index in [1.54, 1.807) is 35.5 Å². The molecule has 0 radical (unpaired) electrons. The Bertz CT molecular complexity index is 687. The van der Waals surface area contributed by atoms with Gasteiger partial charge in [-0.25, -0.2) is 4.39 Å². The number of amides is 2. The van der Waals surface area contributed by atoms with Crippen molar-refractivity contribution in [3.63, 3.8) is 0 Å². The van der Waals surface area contributed by atoms with Gasteiger partial charge in [0, 0.05) is 6.54 Å². The fourth-order valence-electron chi connectivity index (χ4n) is 2.01. The van der Waals surface area contributed by atoms with Gasteiger partial charge in [-0.1, -0.05) is 12.1 Å². The summed E-state index contributed by atoms with van der Waals surface area (Å²) in [6.45, 7) is 0.560. The van der Waals surface area contributed by atoms with Crippen LogP contribution in [0.3, 0.4) is 0 Å². The first-order valence-corrected chi connectivity index (χ1v) is 7.44. The Balaban J connectivity index is 1.91. The van der Waals surface area contributed by atoms with Gasteiger partial charge < -0.3 is 11.1 Å². The lowest BCUT2D eigenvalue weighted by Crippen LogP contribution is -2.30. The first-order valence-electron chi connectivity index (χ1n) is 6.56. The van der Waals surface area contributed by atoms with E-state index in [4.69, 9.17) is 5.73 Å². The normalized spacial score (nSPS) is 10.7. The lowest BCUT2D eigenvalue weighted by molar-refractivity contribution is -0.117. The molecule has 0 saturated heterocycles. The predicted molar refractivity (Wildman–Crippen MR) is 84.2 cm³/mol. The van der Waals surface area contributed by atoms with E-state index in [-0.39, 0.29) is 18.3 Å². The smallest absolute Gasteiger partial charge is 0.251 e. The summed E-state index contributed by atoms with van der Waals surface area (Å²) in [5, 5.41) is 4.79. The number of nitrogens with zero attached hydrogens (tertiary/aromatic N) is 1. The van der Waals surface area contributed by atoms with E-state index in [1.807, 2.05) is 0 Å². The fourth-order valence-corrected chi connectivity index (χ4v) is 2.82. The Kier molecular flexibility index (Phi) is 5.24. The summed E-state index contributed by atoms with van der Waals surface area (Å²) in [6.07, 6.45) is 0. The molecule has 5 nitrogen and oxygen atoms in total. The number of nitrogens with two attached hydrogens (primary N) is 1. The van der Waals surface area contributed by atoms with E-state index in [9.17, 15) is 14.0 Å². The zero-order valence-corrected chi connectivity index (χ0v) is 12.8. The molecular formula is C15H16FN3O2S. The van der Waals surface area contributed by atoms with Crippen LogP contribution in [0.5, 0.6) is 0 Å². The Morgan fingerprint density at radius 2 is 2.14 bits per heavy atom. The van der Waals surface area contributed by atoms with E-state index in [1.165, 1.54) is 23.5 Å². The Labute approximate surface area is 131 Å². The number of hydrogen-bond acceptors (Lipinski definition) is 4. The monoisotopic (exact) mass is 321 g/mol. The molecule has 0 aliphatic rings. The van der Waals surface area contributed by atoms with Crippen LogP contribution in [0, 0.1) is 5.82 Å². The topological polar surface area (TPSA) is 75.4 Å². The SMILES string of the molecule is CN(CC(=O)Nc1sccc1C(N)=O)Cc1cccc(F)c1. The van der Waals surface area contributed by atoms with Crippen LogP contribution in [-0.2, 0) is 11.3 Å². The summed E-state index contributed by atoms with van der Waals surface area (Å²) in [5.41, 5.74) is 6.30. The number of hydrogen-bond donors (Lipinski definition) is 2. The van der Waals surface area contributed by atoms with Gasteiger partial charge in [0.1, 0.15) is 10.8 Å². The Hall–Kier alpha value is -2.25. The third-order valence-corrected chi connectivity index (χ3v) is 3.77. The summed E-state index contributed by atoms with van der Waals surface area (Å²) < 4.78 is 13.1. The summed E-state index contributed by atoms with van der Waals surface area (Å²) in [4.78, 5) is 24.9. The van der Waals surface area contributed by atoms with Gasteiger partial charge in [0.2, 0.25) is 5.91 Å². The molecule has 0 saturated carbocycles. The van der Waals surface area contributed by atoms with Gasteiger partial charge in [-0.3, -0.25) is 14.5 Å². The van der Waals surface area contributed by atoms with Crippen molar-refractivity contribution in [1.82, 2.24) is 4.90 Å². The highest BCUT2D eigenvalue weighted by Gasteiger charge is 2.14. The number of halogens is 1. The van der Waals surface area contributed by atoms with Gasteiger partial charge >= 0.3 is 0 Å². The van der Waals surface area contributed by atoms with E-state index in [0.29, 0.717) is 17.1 Å². The van der Waals surface area contributed by atoms with Crippen LogP contribution in [0.2, 0.25) is 0 Å². The second-order valence-electron chi connectivity index (χ2n) is 4.88. The second-order valence-corrected chi connectivity index (χ2v) is 5.79. The lowest BCUT2D eigenvalue weighted by Gasteiger charge is -2.16. The molecular weight excluding hydrogens is 305 g/mol. The number of thiophene rings is 1. The molecule has 1 aromatic carbocycles. The molecule has 0 unspecified atom stereocenters. The maximum absolute atomic E-state index is 13.1. The number of anilines is 1. The van der Waals surface area contributed by atoms with Crippen molar-refractivity contribution in [2.24, 2.45) is 5.73 Å². The molecule has 0 bridgehead atoms. The number of rotatable bonds is 6. The van der Waals surface area contributed by atoms with Crippen LogP contribution in [0.1, 0.15) is 15.9 Å². The molecule has 0 aliphatic carbocycles. The van der Waals surface area contributed by atoms with Crippen molar-refractivity contribution in [1.29, 1.82) is 0 Å². The van der Waals surface area contributed by atoms with E-state index < -0.39 is 5.91 Å². The van der Waals surface area contributed by atoms with Crippen LogP contribution in [-0.4, -0.2) is 30.3 Å². The first kappa shape index (κ1) is 16.1. The molecule has 1 heterocycles. The second kappa shape index (κ2) is 7.15. The predicted octanol–water partition coefficient (Wildman–Crippen LogP) is 2.06. The summed E-state index contributed by atoms with van der Waals surface area (Å²) in [5.74, 6) is -1.14. The highest BCUT2D eigenvalue weighted by molar-refractivity contribution is 7.14. The van der Waals surface area contributed by atoms with Gasteiger partial charge in [0.05, 0.1) is 12.1 Å². The highest BCUT2D eigenvalue weighted by Crippen LogP contribution is 2.22. The number of carbonyl (C=O) groups excluding carboxylic acids is 2. The number of benzene rings is 1. The van der Waals surface area contributed by atoms with Crippen LogP contribution < -0.4 is 11.1 Å². The van der Waals surface area contributed by atoms with Crippen LogP contribution in [0.25, 0.3) is 0 Å². The quantitative estimate of drug-likeness (QED) is 0.855. The first-order chi connectivity index (χ1) is 10.5. The molecule has 7 heteroatoms. The van der Waals surface area contributed by atoms with Crippen LogP contribution in [0.15, 0.2) is 35.7 Å². The Morgan fingerprint density at radius 3 is 2.82 bits per heavy atom. The van der Waals surface area contributed by atoms with Gasteiger partial charge in [-0.15, -0.1) is 11.3 Å². The molecule has 1 aromatic heterocycles. The third kappa shape index (κ3) is 4.37. The van der Waals surface area contributed by atoms with Gasteiger partial charge in [0.25, 0.3) is 5.91 Å². The van der Waals surface area contributed by atoms with E-state index >= 15 is 0 Å². The zero-order valence-electron chi connectivity index (χ0n) is 12.0. The molecule has 3 N–H and O–H groups in total. The summed E-state index contributed by atoms with van der Waals surface area (Å²) >= 11 is 1.24. The van der Waals surface area contributed by atoms with Crippen molar-refractivity contribution in [3.05, 3.63) is 52.7 Å². The molecule has 2 rings (SSSR count). The van der Waals surface area contributed by atoms with Crippen molar-refractivity contribution in [3.8, 4) is 0 Å². The lowest BCUT2D eigenvalue weighted by atomic mass is 10.2. The van der Waals surface area contributed by atoms with Gasteiger partial charge in [0.15, 0.2) is 0 Å². The molecule has 116 valence electrons. The largest absolute Gasteiger partial charge is 0.366 e. The zero-order chi connectivity index (χ0) is 16.1. The molecule has 0 aliphatic heterocycles. The van der Waals surface area contributed by atoms with Gasteiger partial charge in [-0.05, 0) is 36.2 Å². The molecule has 0 fully saturated rings. The third-order valence-electron chi connectivity index (χ3n) is 2.94. The van der Waals surface area contributed by atoms with Gasteiger partial charge in [-0.2, -0.15) is 0 Å². The van der Waals surface area contributed by atoms with Crippen LogP contribution >= 0.6 is 11.3 Å². The minimum Gasteiger partial charge on any atom is -0.366 e. The molecule has 2 aromatic rings. The maximum Gasteiger partial charge on any atom is 0.251 e. The number of carbonyl (C=O) groups is 2. The van der Waals surface area contributed by atoms with Crippen molar-refractivity contribution in [2.75, 3.05) is 18.9 Å². The van der Waals surface area contributed by atoms with Crippen molar-refractivity contribution in [2.45, 2.75) is 6.54 Å². The summed E-state index contributed by atoms with van der Waals surface area (Å²) in [7, 11) is 1.76. The minimum atomic E-state index is -0.579. The fraction of sp³-hybridized carbons (Fsp3) is 0.200. The average Bonchev–Trinajstić information content (AvgIpc) is 2.86. The van der Waals surface area contributed by atoms with E-state index in [0.717, 1.165) is 5.56 Å². The highest BCUT2D eigenvalue weighted by atomic mass is 32.1.